The Morgan fingerprint density at radius 3 is 2.41 bits per heavy atom. The molecule has 2 rings (SSSR count). The summed E-state index contributed by atoms with van der Waals surface area (Å²) in [7, 11) is 0. The van der Waals surface area contributed by atoms with E-state index in [0.717, 1.165) is 18.4 Å². The molecule has 0 fully saturated rings. The molecule has 3 nitrogen and oxygen atoms in total. The van der Waals surface area contributed by atoms with Crippen molar-refractivity contribution in [1.82, 2.24) is 9.78 Å². The summed E-state index contributed by atoms with van der Waals surface area (Å²) >= 11 is 0. The van der Waals surface area contributed by atoms with Crippen LogP contribution in [0, 0.1) is 0 Å². The minimum Gasteiger partial charge on any atom is -0.396 e. The van der Waals surface area contributed by atoms with Crippen LogP contribution >= 0.6 is 0 Å². The van der Waals surface area contributed by atoms with Gasteiger partial charge in [-0.1, -0.05) is 30.3 Å². The molecule has 0 amide bonds. The number of alkyl halides is 3. The third-order valence-electron chi connectivity index (χ3n) is 3.41. The third kappa shape index (κ3) is 4.59. The molecule has 0 unspecified atom stereocenters. The van der Waals surface area contributed by atoms with Gasteiger partial charge in [0.05, 0.1) is 0 Å². The van der Waals surface area contributed by atoms with Gasteiger partial charge in [0.2, 0.25) is 0 Å². The maximum absolute atomic E-state index is 12.9. The number of aliphatic hydroxyl groups is 1. The zero-order chi connectivity index (χ0) is 16.0. The van der Waals surface area contributed by atoms with Gasteiger partial charge >= 0.3 is 6.18 Å². The van der Waals surface area contributed by atoms with E-state index in [4.69, 9.17) is 5.11 Å². The summed E-state index contributed by atoms with van der Waals surface area (Å²) in [6, 6.07) is 9.81. The lowest BCUT2D eigenvalue weighted by atomic mass is 10.1. The van der Waals surface area contributed by atoms with E-state index in [1.165, 1.54) is 10.9 Å². The van der Waals surface area contributed by atoms with Crippen molar-refractivity contribution in [2.24, 2.45) is 0 Å². The topological polar surface area (TPSA) is 38.0 Å². The Balaban J connectivity index is 2.00. The molecule has 6 heteroatoms. The summed E-state index contributed by atoms with van der Waals surface area (Å²) in [4.78, 5) is 0. The lowest BCUT2D eigenvalue weighted by molar-refractivity contribution is -0.142. The van der Waals surface area contributed by atoms with E-state index in [1.807, 2.05) is 30.3 Å². The summed E-state index contributed by atoms with van der Waals surface area (Å²) in [5.74, 6) is 0. The molecule has 1 N–H and O–H groups in total. The largest absolute Gasteiger partial charge is 0.435 e. The van der Waals surface area contributed by atoms with Gasteiger partial charge in [-0.05, 0) is 31.2 Å². The average molecular weight is 312 g/mol. The number of aromatic nitrogens is 2. The first-order chi connectivity index (χ1) is 10.5. The first kappa shape index (κ1) is 16.5. The van der Waals surface area contributed by atoms with Crippen molar-refractivity contribution in [3.63, 3.8) is 0 Å². The summed E-state index contributed by atoms with van der Waals surface area (Å²) < 4.78 is 40.2. The molecule has 1 aromatic carbocycles. The molecule has 0 atom stereocenters. The molecule has 0 aliphatic heterocycles. The number of aryl methyl sites for hydroxylation is 3. The summed E-state index contributed by atoms with van der Waals surface area (Å²) in [5.41, 5.74) is 0.480. The van der Waals surface area contributed by atoms with Crippen LogP contribution in [0.5, 0.6) is 0 Å². The Hall–Kier alpha value is -1.82. The molecule has 0 radical (unpaired) electrons. The quantitative estimate of drug-likeness (QED) is 0.850. The van der Waals surface area contributed by atoms with E-state index >= 15 is 0 Å². The van der Waals surface area contributed by atoms with Gasteiger partial charge in [-0.3, -0.25) is 4.68 Å². The van der Waals surface area contributed by atoms with Crippen molar-refractivity contribution < 1.29 is 18.3 Å². The molecule has 0 aliphatic rings. The standard InChI is InChI=1S/C16H19F3N2O/c17-16(18,19)15-14(9-5-11-22)12-21(20-15)10-4-8-13-6-2-1-3-7-13/h1-3,6-7,12,22H,4-5,8-11H2. The van der Waals surface area contributed by atoms with Gasteiger partial charge in [-0.25, -0.2) is 0 Å². The number of rotatable bonds is 7. The Labute approximate surface area is 127 Å². The number of aliphatic hydroxyl groups excluding tert-OH is 1. The van der Waals surface area contributed by atoms with Gasteiger partial charge in [-0.2, -0.15) is 18.3 Å². The average Bonchev–Trinajstić information content (AvgIpc) is 2.89. The predicted octanol–water partition coefficient (Wildman–Crippen LogP) is 3.46. The van der Waals surface area contributed by atoms with Crippen LogP contribution in [-0.4, -0.2) is 21.5 Å². The van der Waals surface area contributed by atoms with Crippen LogP contribution < -0.4 is 0 Å². The zero-order valence-electron chi connectivity index (χ0n) is 12.2. The second-order valence-corrected chi connectivity index (χ2v) is 5.18. The molecule has 0 saturated carbocycles. The molecule has 1 aromatic heterocycles. The Kier molecular flexibility index (Phi) is 5.60. The van der Waals surface area contributed by atoms with E-state index in [2.05, 4.69) is 5.10 Å². The molecule has 0 aliphatic carbocycles. The highest BCUT2D eigenvalue weighted by atomic mass is 19.4. The first-order valence-corrected chi connectivity index (χ1v) is 7.29. The van der Waals surface area contributed by atoms with Crippen LogP contribution in [0.3, 0.4) is 0 Å². The van der Waals surface area contributed by atoms with E-state index in [-0.39, 0.29) is 18.6 Å². The van der Waals surface area contributed by atoms with Crippen LogP contribution in [0.1, 0.15) is 29.7 Å². The van der Waals surface area contributed by atoms with Crippen molar-refractivity contribution in [3.8, 4) is 0 Å². The number of nitrogens with zero attached hydrogens (tertiary/aromatic N) is 2. The van der Waals surface area contributed by atoms with Crippen molar-refractivity contribution in [3.05, 3.63) is 53.3 Å². The highest BCUT2D eigenvalue weighted by Crippen LogP contribution is 2.31. The Morgan fingerprint density at radius 1 is 1.05 bits per heavy atom. The first-order valence-electron chi connectivity index (χ1n) is 7.29. The van der Waals surface area contributed by atoms with Crippen LogP contribution in [0.2, 0.25) is 0 Å². The van der Waals surface area contributed by atoms with Crippen molar-refractivity contribution in [2.45, 2.75) is 38.4 Å². The van der Waals surface area contributed by atoms with E-state index in [1.54, 1.807) is 0 Å². The number of hydrogen-bond donors (Lipinski definition) is 1. The number of halogens is 3. The monoisotopic (exact) mass is 312 g/mol. The van der Waals surface area contributed by atoms with Crippen molar-refractivity contribution in [1.29, 1.82) is 0 Å². The van der Waals surface area contributed by atoms with Gasteiger partial charge in [0.15, 0.2) is 5.69 Å². The van der Waals surface area contributed by atoms with Gasteiger partial charge < -0.3 is 5.11 Å². The minimum absolute atomic E-state index is 0.128. The molecule has 2 aromatic rings. The van der Waals surface area contributed by atoms with E-state index in [0.29, 0.717) is 13.0 Å². The molecular formula is C16H19F3N2O. The smallest absolute Gasteiger partial charge is 0.396 e. The van der Waals surface area contributed by atoms with Gasteiger partial charge in [0.25, 0.3) is 0 Å². The molecule has 0 saturated heterocycles. The fourth-order valence-corrected chi connectivity index (χ4v) is 2.36. The molecular weight excluding hydrogens is 293 g/mol. The second-order valence-electron chi connectivity index (χ2n) is 5.18. The molecule has 22 heavy (non-hydrogen) atoms. The zero-order valence-corrected chi connectivity index (χ0v) is 12.2. The lowest BCUT2D eigenvalue weighted by Gasteiger charge is -2.05. The number of hydrogen-bond acceptors (Lipinski definition) is 2. The van der Waals surface area contributed by atoms with Crippen LogP contribution in [0.15, 0.2) is 36.5 Å². The summed E-state index contributed by atoms with van der Waals surface area (Å²) in [5, 5.41) is 12.5. The van der Waals surface area contributed by atoms with Crippen molar-refractivity contribution >= 4 is 0 Å². The van der Waals surface area contributed by atoms with E-state index < -0.39 is 11.9 Å². The van der Waals surface area contributed by atoms with Gasteiger partial charge in [0, 0.05) is 24.9 Å². The third-order valence-corrected chi connectivity index (χ3v) is 3.41. The fourth-order valence-electron chi connectivity index (χ4n) is 2.36. The Morgan fingerprint density at radius 2 is 1.77 bits per heavy atom. The van der Waals surface area contributed by atoms with Crippen molar-refractivity contribution in [2.75, 3.05) is 6.61 Å². The predicted molar refractivity (Wildman–Crippen MR) is 77.4 cm³/mol. The number of benzene rings is 1. The lowest BCUT2D eigenvalue weighted by Crippen LogP contribution is -2.10. The maximum atomic E-state index is 12.9. The minimum atomic E-state index is -4.45. The molecule has 0 bridgehead atoms. The molecule has 1 heterocycles. The molecule has 120 valence electrons. The second kappa shape index (κ2) is 7.45. The Bertz CT molecular complexity index is 579. The highest BCUT2D eigenvalue weighted by Gasteiger charge is 2.36. The summed E-state index contributed by atoms with van der Waals surface area (Å²) in [6.45, 7) is 0.313. The van der Waals surface area contributed by atoms with Crippen LogP contribution in [-0.2, 0) is 25.6 Å². The van der Waals surface area contributed by atoms with Crippen LogP contribution in [0.25, 0.3) is 0 Å². The van der Waals surface area contributed by atoms with E-state index in [9.17, 15) is 13.2 Å². The maximum Gasteiger partial charge on any atom is 0.435 e. The SMILES string of the molecule is OCCCc1cn(CCCc2ccccc2)nc1C(F)(F)F. The highest BCUT2D eigenvalue weighted by molar-refractivity contribution is 5.20. The summed E-state index contributed by atoms with van der Waals surface area (Å²) in [6.07, 6.45) is -0.988. The van der Waals surface area contributed by atoms with Crippen LogP contribution in [0.4, 0.5) is 13.2 Å². The molecule has 0 spiro atoms. The van der Waals surface area contributed by atoms with Gasteiger partial charge in [-0.15, -0.1) is 0 Å². The fraction of sp³-hybridized carbons (Fsp3) is 0.438. The van der Waals surface area contributed by atoms with Gasteiger partial charge in [0.1, 0.15) is 0 Å². The normalized spacial score (nSPS) is 11.8.